The van der Waals surface area contributed by atoms with E-state index in [-0.39, 0.29) is 29.1 Å². The van der Waals surface area contributed by atoms with Gasteiger partial charge in [-0.15, -0.1) is 0 Å². The summed E-state index contributed by atoms with van der Waals surface area (Å²) in [5.74, 6) is -0.787. The van der Waals surface area contributed by atoms with Crippen molar-refractivity contribution in [2.45, 2.75) is 25.8 Å². The smallest absolute Gasteiger partial charge is 0.274 e. The van der Waals surface area contributed by atoms with Gasteiger partial charge in [0.05, 0.1) is 0 Å². The normalized spacial score (nSPS) is 13.2. The molecule has 0 unspecified atom stereocenters. The summed E-state index contributed by atoms with van der Waals surface area (Å²) in [7, 11) is 0. The molecule has 1 aliphatic rings. The van der Waals surface area contributed by atoms with Crippen LogP contribution in [0.2, 0.25) is 0 Å². The fourth-order valence-corrected chi connectivity index (χ4v) is 2.19. The highest BCUT2D eigenvalue weighted by atomic mass is 16.2. The number of nitrogens with one attached hydrogen (secondary N) is 2. The van der Waals surface area contributed by atoms with Crippen LogP contribution in [-0.2, 0) is 0 Å². The topological polar surface area (TPSA) is 88.2 Å². The van der Waals surface area contributed by atoms with Gasteiger partial charge in [-0.05, 0) is 44.0 Å². The second-order valence-corrected chi connectivity index (χ2v) is 5.75. The Morgan fingerprint density at radius 3 is 2.33 bits per heavy atom. The molecular formula is C18H17N3O3. The van der Waals surface area contributed by atoms with E-state index in [0.29, 0.717) is 11.3 Å². The molecule has 0 radical (unpaired) electrons. The average Bonchev–Trinajstić information content (AvgIpc) is 3.39. The molecule has 1 fully saturated rings. The number of rotatable bonds is 5. The van der Waals surface area contributed by atoms with Gasteiger partial charge in [0.2, 0.25) is 0 Å². The number of carbonyl (C=O) groups excluding carboxylic acids is 3. The summed E-state index contributed by atoms with van der Waals surface area (Å²) in [6, 6.07) is 11.6. The second kappa shape index (κ2) is 6.62. The molecule has 6 heteroatoms. The van der Waals surface area contributed by atoms with E-state index in [2.05, 4.69) is 15.6 Å². The number of benzene rings is 1. The molecule has 1 aromatic carbocycles. The number of ketones is 1. The third kappa shape index (κ3) is 3.84. The number of Topliss-reactive ketones (excluding diaryl/α,β-unsaturated/α-hetero) is 1. The Labute approximate surface area is 139 Å². The molecule has 1 aromatic heterocycles. The molecule has 0 aliphatic heterocycles. The molecule has 2 amide bonds. The highest BCUT2D eigenvalue weighted by Gasteiger charge is 2.24. The van der Waals surface area contributed by atoms with E-state index in [1.54, 1.807) is 36.4 Å². The van der Waals surface area contributed by atoms with Gasteiger partial charge < -0.3 is 10.6 Å². The zero-order chi connectivity index (χ0) is 17.1. The van der Waals surface area contributed by atoms with Crippen molar-refractivity contribution < 1.29 is 14.4 Å². The van der Waals surface area contributed by atoms with E-state index in [1.165, 1.54) is 13.0 Å². The van der Waals surface area contributed by atoms with Crippen molar-refractivity contribution >= 4 is 23.3 Å². The number of amides is 2. The summed E-state index contributed by atoms with van der Waals surface area (Å²) in [6.45, 7) is 1.46. The van der Waals surface area contributed by atoms with E-state index in [9.17, 15) is 14.4 Å². The van der Waals surface area contributed by atoms with Crippen molar-refractivity contribution in [3.63, 3.8) is 0 Å². The Morgan fingerprint density at radius 2 is 1.67 bits per heavy atom. The Morgan fingerprint density at radius 1 is 1.00 bits per heavy atom. The maximum Gasteiger partial charge on any atom is 0.274 e. The van der Waals surface area contributed by atoms with Gasteiger partial charge in [-0.25, -0.2) is 4.98 Å². The van der Waals surface area contributed by atoms with Gasteiger partial charge in [0, 0.05) is 17.3 Å². The first-order chi connectivity index (χ1) is 11.5. The van der Waals surface area contributed by atoms with Gasteiger partial charge in [-0.3, -0.25) is 14.4 Å². The van der Waals surface area contributed by atoms with E-state index in [0.717, 1.165) is 12.8 Å². The average molecular weight is 323 g/mol. The summed E-state index contributed by atoms with van der Waals surface area (Å²) in [5, 5.41) is 5.52. The van der Waals surface area contributed by atoms with Crippen LogP contribution in [0, 0.1) is 0 Å². The molecule has 24 heavy (non-hydrogen) atoms. The van der Waals surface area contributed by atoms with Crippen LogP contribution in [-0.4, -0.2) is 28.6 Å². The van der Waals surface area contributed by atoms with Crippen LogP contribution in [0.5, 0.6) is 0 Å². The Hall–Kier alpha value is -3.02. The zero-order valence-corrected chi connectivity index (χ0v) is 13.2. The summed E-state index contributed by atoms with van der Waals surface area (Å²) in [5.41, 5.74) is 1.37. The fraction of sp³-hybridized carbons (Fsp3) is 0.222. The molecule has 3 rings (SSSR count). The second-order valence-electron chi connectivity index (χ2n) is 5.75. The first-order valence-corrected chi connectivity index (χ1v) is 7.73. The lowest BCUT2D eigenvalue weighted by molar-refractivity contribution is 0.0944. The molecule has 1 heterocycles. The fourth-order valence-electron chi connectivity index (χ4n) is 2.19. The standard InChI is InChI=1S/C18H17N3O3/c1-11(22)12-4-2-5-14(10-12)20-18(24)16-7-3-6-15(21-16)17(23)19-13-8-9-13/h2-7,10,13H,8-9H2,1H3,(H,19,23)(H,20,24). The first kappa shape index (κ1) is 15.9. The van der Waals surface area contributed by atoms with Crippen molar-refractivity contribution in [1.82, 2.24) is 10.3 Å². The third-order valence-electron chi connectivity index (χ3n) is 3.65. The Kier molecular flexibility index (Phi) is 4.37. The molecule has 0 spiro atoms. The van der Waals surface area contributed by atoms with E-state index < -0.39 is 5.91 Å². The van der Waals surface area contributed by atoms with Gasteiger partial charge in [0.1, 0.15) is 11.4 Å². The highest BCUT2D eigenvalue weighted by molar-refractivity contribution is 6.04. The summed E-state index contributed by atoms with van der Waals surface area (Å²) in [6.07, 6.45) is 1.97. The van der Waals surface area contributed by atoms with Gasteiger partial charge in [0.25, 0.3) is 11.8 Å². The summed E-state index contributed by atoms with van der Waals surface area (Å²) < 4.78 is 0. The first-order valence-electron chi connectivity index (χ1n) is 7.73. The number of carbonyl (C=O) groups is 3. The van der Waals surface area contributed by atoms with E-state index >= 15 is 0 Å². The van der Waals surface area contributed by atoms with Crippen molar-refractivity contribution in [3.05, 3.63) is 59.4 Å². The van der Waals surface area contributed by atoms with Crippen molar-refractivity contribution in [3.8, 4) is 0 Å². The molecule has 6 nitrogen and oxygen atoms in total. The number of hydrogen-bond acceptors (Lipinski definition) is 4. The lowest BCUT2D eigenvalue weighted by Gasteiger charge is -2.07. The molecule has 2 N–H and O–H groups in total. The quantitative estimate of drug-likeness (QED) is 0.827. The number of aromatic nitrogens is 1. The summed E-state index contributed by atoms with van der Waals surface area (Å²) in [4.78, 5) is 39.8. The molecule has 1 aliphatic carbocycles. The van der Waals surface area contributed by atoms with Crippen LogP contribution in [0.3, 0.4) is 0 Å². The maximum absolute atomic E-state index is 12.3. The molecule has 0 bridgehead atoms. The van der Waals surface area contributed by atoms with Crippen molar-refractivity contribution in [1.29, 1.82) is 0 Å². The van der Waals surface area contributed by atoms with Gasteiger partial charge in [0.15, 0.2) is 5.78 Å². The maximum atomic E-state index is 12.3. The SMILES string of the molecule is CC(=O)c1cccc(NC(=O)c2cccc(C(=O)NC3CC3)n2)c1. The van der Waals surface area contributed by atoms with Crippen molar-refractivity contribution in [2.24, 2.45) is 0 Å². The minimum atomic E-state index is -0.434. The Balaban J connectivity index is 1.73. The van der Waals surface area contributed by atoms with Gasteiger partial charge >= 0.3 is 0 Å². The molecule has 1 saturated carbocycles. The van der Waals surface area contributed by atoms with Gasteiger partial charge in [-0.2, -0.15) is 0 Å². The van der Waals surface area contributed by atoms with E-state index in [1.807, 2.05) is 0 Å². The third-order valence-corrected chi connectivity index (χ3v) is 3.65. The predicted octanol–water partition coefficient (Wildman–Crippen LogP) is 2.43. The minimum absolute atomic E-state index is 0.0806. The van der Waals surface area contributed by atoms with E-state index in [4.69, 9.17) is 0 Å². The highest BCUT2D eigenvalue weighted by Crippen LogP contribution is 2.19. The number of nitrogens with zero attached hydrogens (tertiary/aromatic N) is 1. The molecule has 0 atom stereocenters. The zero-order valence-electron chi connectivity index (χ0n) is 13.2. The molecule has 0 saturated heterocycles. The Bertz CT molecular complexity index is 813. The lowest BCUT2D eigenvalue weighted by Crippen LogP contribution is -2.27. The molecule has 2 aromatic rings. The monoisotopic (exact) mass is 323 g/mol. The van der Waals surface area contributed by atoms with Crippen molar-refractivity contribution in [2.75, 3.05) is 5.32 Å². The van der Waals surface area contributed by atoms with Crippen LogP contribution in [0.1, 0.15) is 51.1 Å². The summed E-state index contributed by atoms with van der Waals surface area (Å²) >= 11 is 0. The molecular weight excluding hydrogens is 306 g/mol. The lowest BCUT2D eigenvalue weighted by atomic mass is 10.1. The predicted molar refractivity (Wildman–Crippen MR) is 89.1 cm³/mol. The number of anilines is 1. The largest absolute Gasteiger partial charge is 0.348 e. The van der Waals surface area contributed by atoms with Gasteiger partial charge in [-0.1, -0.05) is 18.2 Å². The number of hydrogen-bond donors (Lipinski definition) is 2. The van der Waals surface area contributed by atoms with Crippen LogP contribution >= 0.6 is 0 Å². The van der Waals surface area contributed by atoms with Crippen LogP contribution < -0.4 is 10.6 Å². The van der Waals surface area contributed by atoms with Crippen LogP contribution in [0.4, 0.5) is 5.69 Å². The van der Waals surface area contributed by atoms with Crippen LogP contribution in [0.25, 0.3) is 0 Å². The number of pyridine rings is 1. The van der Waals surface area contributed by atoms with Crippen LogP contribution in [0.15, 0.2) is 42.5 Å². The molecule has 122 valence electrons. The minimum Gasteiger partial charge on any atom is -0.348 e.